The zero-order valence-corrected chi connectivity index (χ0v) is 17.0. The number of hydrogen-bond donors (Lipinski definition) is 1. The highest BCUT2D eigenvalue weighted by Gasteiger charge is 2.11. The van der Waals surface area contributed by atoms with Gasteiger partial charge in [0.2, 0.25) is 0 Å². The lowest BCUT2D eigenvalue weighted by Crippen LogP contribution is -2.09. The number of benzene rings is 2. The van der Waals surface area contributed by atoms with Crippen LogP contribution in [0.5, 0.6) is 5.75 Å². The lowest BCUT2D eigenvalue weighted by molar-refractivity contribution is 0.103. The molecular weight excluding hydrogens is 406 g/mol. The number of thiophene rings is 1. The molecule has 0 aliphatic rings. The predicted molar refractivity (Wildman–Crippen MR) is 116 cm³/mol. The van der Waals surface area contributed by atoms with Gasteiger partial charge in [-0.05, 0) is 29.1 Å². The van der Waals surface area contributed by atoms with Gasteiger partial charge in [-0.15, -0.1) is 11.3 Å². The van der Waals surface area contributed by atoms with Crippen molar-refractivity contribution in [3.63, 3.8) is 0 Å². The van der Waals surface area contributed by atoms with E-state index in [0.717, 1.165) is 11.1 Å². The van der Waals surface area contributed by atoms with Gasteiger partial charge in [-0.1, -0.05) is 54.1 Å². The van der Waals surface area contributed by atoms with Crippen LogP contribution in [-0.4, -0.2) is 15.7 Å². The number of nitrogens with one attached hydrogen (secondary N) is 1. The highest BCUT2D eigenvalue weighted by atomic mass is 35.5. The van der Waals surface area contributed by atoms with Crippen LogP contribution in [0.3, 0.4) is 0 Å². The second kappa shape index (κ2) is 8.94. The Bertz CT molecular complexity index is 1110. The fourth-order valence-corrected chi connectivity index (χ4v) is 3.75. The molecule has 0 atom stereocenters. The first kappa shape index (κ1) is 19.2. The number of halogens is 1. The van der Waals surface area contributed by atoms with Crippen molar-refractivity contribution in [2.24, 2.45) is 0 Å². The molecule has 4 rings (SSSR count). The average Bonchev–Trinajstić information content (AvgIpc) is 3.38. The quantitative estimate of drug-likeness (QED) is 0.428. The minimum absolute atomic E-state index is 0.168. The summed E-state index contributed by atoms with van der Waals surface area (Å²) < 4.78 is 7.52. The molecule has 2 aromatic carbocycles. The first-order chi connectivity index (χ1) is 14.2. The van der Waals surface area contributed by atoms with Gasteiger partial charge in [-0.25, -0.2) is 0 Å². The summed E-state index contributed by atoms with van der Waals surface area (Å²) in [5.41, 5.74) is 2.72. The third-order valence-corrected chi connectivity index (χ3v) is 5.48. The fourth-order valence-electron chi connectivity index (χ4n) is 2.77. The SMILES string of the molecule is O=C(Nc1cnn(Cc2ccccc2)c1)c1cc(COc2ccccc2Cl)cs1. The summed E-state index contributed by atoms with van der Waals surface area (Å²) in [7, 11) is 0. The Kier molecular flexibility index (Phi) is 5.93. The fraction of sp³-hybridized carbons (Fsp3) is 0.0909. The van der Waals surface area contributed by atoms with E-state index >= 15 is 0 Å². The van der Waals surface area contributed by atoms with Crippen molar-refractivity contribution >= 4 is 34.5 Å². The van der Waals surface area contributed by atoms with E-state index in [2.05, 4.69) is 10.4 Å². The van der Waals surface area contributed by atoms with Crippen LogP contribution >= 0.6 is 22.9 Å². The molecule has 0 aliphatic carbocycles. The summed E-state index contributed by atoms with van der Waals surface area (Å²) in [6, 6.07) is 19.2. The van der Waals surface area contributed by atoms with Crippen LogP contribution in [-0.2, 0) is 13.2 Å². The van der Waals surface area contributed by atoms with E-state index in [1.54, 1.807) is 16.9 Å². The summed E-state index contributed by atoms with van der Waals surface area (Å²) in [4.78, 5) is 13.1. The molecule has 1 N–H and O–H groups in total. The maximum Gasteiger partial charge on any atom is 0.265 e. The zero-order chi connectivity index (χ0) is 20.1. The molecule has 0 saturated carbocycles. The van der Waals surface area contributed by atoms with Crippen molar-refractivity contribution in [1.82, 2.24) is 9.78 Å². The number of para-hydroxylation sites is 1. The molecule has 0 fully saturated rings. The van der Waals surface area contributed by atoms with Crippen LogP contribution in [0.1, 0.15) is 20.8 Å². The minimum Gasteiger partial charge on any atom is -0.487 e. The van der Waals surface area contributed by atoms with Crippen molar-refractivity contribution < 1.29 is 9.53 Å². The zero-order valence-electron chi connectivity index (χ0n) is 15.4. The van der Waals surface area contributed by atoms with Crippen LogP contribution in [0, 0.1) is 0 Å². The summed E-state index contributed by atoms with van der Waals surface area (Å²) in [5, 5.41) is 9.66. The van der Waals surface area contributed by atoms with Gasteiger partial charge in [0.15, 0.2) is 0 Å². The lowest BCUT2D eigenvalue weighted by atomic mass is 10.2. The summed E-state index contributed by atoms with van der Waals surface area (Å²) >= 11 is 7.47. The topological polar surface area (TPSA) is 56.2 Å². The Hall–Kier alpha value is -3.09. The number of nitrogens with zero attached hydrogens (tertiary/aromatic N) is 2. The molecule has 0 radical (unpaired) electrons. The summed E-state index contributed by atoms with van der Waals surface area (Å²) in [6.07, 6.45) is 3.47. The maximum atomic E-state index is 12.5. The highest BCUT2D eigenvalue weighted by molar-refractivity contribution is 7.12. The minimum atomic E-state index is -0.168. The predicted octanol–water partition coefficient (Wildman–Crippen LogP) is 5.48. The van der Waals surface area contributed by atoms with Gasteiger partial charge in [-0.2, -0.15) is 5.10 Å². The molecule has 5 nitrogen and oxygen atoms in total. The molecule has 0 aliphatic heterocycles. The summed E-state index contributed by atoms with van der Waals surface area (Å²) in [5.74, 6) is 0.454. The molecule has 4 aromatic rings. The van der Waals surface area contributed by atoms with E-state index in [4.69, 9.17) is 16.3 Å². The van der Waals surface area contributed by atoms with Gasteiger partial charge in [-0.3, -0.25) is 9.48 Å². The molecule has 0 bridgehead atoms. The molecule has 0 spiro atoms. The second-order valence-corrected chi connectivity index (χ2v) is 7.72. The van der Waals surface area contributed by atoms with Gasteiger partial charge in [0.25, 0.3) is 5.91 Å². The van der Waals surface area contributed by atoms with Gasteiger partial charge in [0.1, 0.15) is 12.4 Å². The molecule has 1 amide bonds. The van der Waals surface area contributed by atoms with Gasteiger partial charge < -0.3 is 10.1 Å². The number of anilines is 1. The van der Waals surface area contributed by atoms with Gasteiger partial charge in [0.05, 0.1) is 28.3 Å². The number of amides is 1. The Balaban J connectivity index is 1.34. The smallest absolute Gasteiger partial charge is 0.265 e. The number of rotatable bonds is 7. The van der Waals surface area contributed by atoms with Crippen LogP contribution in [0.4, 0.5) is 5.69 Å². The van der Waals surface area contributed by atoms with Crippen molar-refractivity contribution in [1.29, 1.82) is 0 Å². The van der Waals surface area contributed by atoms with Crippen molar-refractivity contribution in [2.45, 2.75) is 13.2 Å². The number of ether oxygens (including phenoxy) is 1. The number of hydrogen-bond acceptors (Lipinski definition) is 4. The van der Waals surface area contributed by atoms with Gasteiger partial charge in [0, 0.05) is 11.8 Å². The molecule has 0 unspecified atom stereocenters. The second-order valence-electron chi connectivity index (χ2n) is 6.40. The maximum absolute atomic E-state index is 12.5. The third kappa shape index (κ3) is 5.04. The van der Waals surface area contributed by atoms with E-state index in [-0.39, 0.29) is 5.91 Å². The largest absolute Gasteiger partial charge is 0.487 e. The Morgan fingerprint density at radius 3 is 2.72 bits per heavy atom. The summed E-state index contributed by atoms with van der Waals surface area (Å²) in [6.45, 7) is 1.00. The molecule has 29 heavy (non-hydrogen) atoms. The highest BCUT2D eigenvalue weighted by Crippen LogP contribution is 2.25. The molecule has 2 heterocycles. The average molecular weight is 424 g/mol. The Morgan fingerprint density at radius 2 is 1.90 bits per heavy atom. The van der Waals surface area contributed by atoms with E-state index in [1.807, 2.05) is 66.2 Å². The van der Waals surface area contributed by atoms with Crippen molar-refractivity contribution in [3.8, 4) is 5.75 Å². The van der Waals surface area contributed by atoms with E-state index in [0.29, 0.717) is 34.5 Å². The van der Waals surface area contributed by atoms with Crippen molar-refractivity contribution in [3.05, 3.63) is 99.5 Å². The molecule has 7 heteroatoms. The Morgan fingerprint density at radius 1 is 1.10 bits per heavy atom. The number of aromatic nitrogens is 2. The van der Waals surface area contributed by atoms with E-state index in [9.17, 15) is 4.79 Å². The normalized spacial score (nSPS) is 10.7. The van der Waals surface area contributed by atoms with E-state index in [1.165, 1.54) is 11.3 Å². The number of carbonyl (C=O) groups is 1. The van der Waals surface area contributed by atoms with Crippen LogP contribution < -0.4 is 10.1 Å². The third-order valence-electron chi connectivity index (χ3n) is 4.19. The molecule has 2 aromatic heterocycles. The molecule has 0 saturated heterocycles. The molecule has 146 valence electrons. The standard InChI is InChI=1S/C22H18ClN3O2S/c23-19-8-4-5-9-20(19)28-14-17-10-21(29-15-17)22(27)25-18-11-24-26(13-18)12-16-6-2-1-3-7-16/h1-11,13,15H,12,14H2,(H,25,27). The van der Waals surface area contributed by atoms with Crippen molar-refractivity contribution in [2.75, 3.05) is 5.32 Å². The lowest BCUT2D eigenvalue weighted by Gasteiger charge is -2.06. The molecular formula is C22H18ClN3O2S. The Labute approximate surface area is 177 Å². The van der Waals surface area contributed by atoms with Crippen LogP contribution in [0.2, 0.25) is 5.02 Å². The van der Waals surface area contributed by atoms with Crippen LogP contribution in [0.25, 0.3) is 0 Å². The first-order valence-corrected chi connectivity index (χ1v) is 10.3. The number of carbonyl (C=O) groups excluding carboxylic acids is 1. The monoisotopic (exact) mass is 423 g/mol. The van der Waals surface area contributed by atoms with Crippen LogP contribution in [0.15, 0.2) is 78.4 Å². The first-order valence-electron chi connectivity index (χ1n) is 9.00. The van der Waals surface area contributed by atoms with Gasteiger partial charge >= 0.3 is 0 Å². The van der Waals surface area contributed by atoms with E-state index < -0.39 is 0 Å².